The highest BCUT2D eigenvalue weighted by molar-refractivity contribution is 5.89. The first-order valence-electron chi connectivity index (χ1n) is 9.15. The molecule has 0 aliphatic carbocycles. The fraction of sp³-hybridized carbons (Fsp3) is 0.476. The summed E-state index contributed by atoms with van der Waals surface area (Å²) in [6, 6.07) is 8.67. The van der Waals surface area contributed by atoms with Crippen molar-refractivity contribution in [1.29, 1.82) is 0 Å². The molecule has 3 rings (SSSR count). The van der Waals surface area contributed by atoms with Crippen LogP contribution in [0, 0.1) is 11.3 Å². The first kappa shape index (κ1) is 19.7. The summed E-state index contributed by atoms with van der Waals surface area (Å²) in [5.74, 6) is 0.00817. The Balaban J connectivity index is 2.14. The van der Waals surface area contributed by atoms with Gasteiger partial charge in [-0.1, -0.05) is 50.2 Å². The topological polar surface area (TPSA) is 32.3 Å². The van der Waals surface area contributed by atoms with Gasteiger partial charge in [0.25, 0.3) is 0 Å². The number of hydrogen-bond donors (Lipinski definition) is 1. The van der Waals surface area contributed by atoms with E-state index in [-0.39, 0.29) is 12.1 Å². The molecule has 1 N–H and O–H groups in total. The molecule has 0 saturated carbocycles. The third-order valence-corrected chi connectivity index (χ3v) is 5.02. The van der Waals surface area contributed by atoms with Gasteiger partial charge in [0.1, 0.15) is 0 Å². The first-order chi connectivity index (χ1) is 12.5. The highest BCUT2D eigenvalue weighted by Crippen LogP contribution is 2.43. The number of hydrogen-bond acceptors (Lipinski definition) is 2. The number of halogens is 3. The number of rotatable bonds is 4. The average Bonchev–Trinajstić information content (AvgIpc) is 2.80. The fourth-order valence-electron chi connectivity index (χ4n) is 3.74. The van der Waals surface area contributed by atoms with Crippen LogP contribution < -0.4 is 5.43 Å². The van der Waals surface area contributed by atoms with Crippen LogP contribution in [-0.4, -0.2) is 23.6 Å². The van der Waals surface area contributed by atoms with E-state index in [2.05, 4.69) is 19.3 Å². The molecule has 0 unspecified atom stereocenters. The van der Waals surface area contributed by atoms with Crippen LogP contribution in [0.25, 0.3) is 10.8 Å². The number of amides is 1. The van der Waals surface area contributed by atoms with E-state index < -0.39 is 23.5 Å². The zero-order valence-electron chi connectivity index (χ0n) is 16.0. The van der Waals surface area contributed by atoms with Gasteiger partial charge in [-0.15, -0.1) is 0 Å². The SMILES string of the molecule is CC(C)Cc1ccc([C@H](N2CC(C)(C)C(=O)N2)C(F)(F)F)c2ccccc12. The molecule has 1 amide bonds. The van der Waals surface area contributed by atoms with Crippen LogP contribution in [0.3, 0.4) is 0 Å². The van der Waals surface area contributed by atoms with Gasteiger partial charge in [-0.05, 0) is 48.1 Å². The number of fused-ring (bicyclic) bond motifs is 1. The van der Waals surface area contributed by atoms with E-state index in [0.717, 1.165) is 22.4 Å². The molecule has 2 aromatic carbocycles. The monoisotopic (exact) mass is 378 g/mol. The summed E-state index contributed by atoms with van der Waals surface area (Å²) in [5.41, 5.74) is 2.78. The lowest BCUT2D eigenvalue weighted by molar-refractivity contribution is -0.191. The molecule has 1 heterocycles. The minimum Gasteiger partial charge on any atom is -0.287 e. The number of hydrazine groups is 1. The standard InChI is InChI=1S/C21H25F3N2O/c1-13(2)11-14-9-10-17(16-8-6-5-7-15(14)16)18(21(22,23)24)26-12-20(3,4)19(27)25-26/h5-10,13,18H,11-12H2,1-4H3,(H,25,27)/t18-/m0/s1. The van der Waals surface area contributed by atoms with E-state index in [1.807, 2.05) is 12.1 Å². The summed E-state index contributed by atoms with van der Waals surface area (Å²) in [6.45, 7) is 7.48. The number of alkyl halides is 3. The van der Waals surface area contributed by atoms with E-state index >= 15 is 0 Å². The highest BCUT2D eigenvalue weighted by Gasteiger charge is 2.51. The number of nitrogens with one attached hydrogen (secondary N) is 1. The first-order valence-corrected chi connectivity index (χ1v) is 9.15. The van der Waals surface area contributed by atoms with Gasteiger partial charge in [0.05, 0.1) is 5.41 Å². The molecule has 1 aliphatic heterocycles. The molecule has 6 heteroatoms. The van der Waals surface area contributed by atoms with Gasteiger partial charge in [-0.25, -0.2) is 5.01 Å². The molecule has 1 saturated heterocycles. The maximum atomic E-state index is 14.1. The summed E-state index contributed by atoms with van der Waals surface area (Å²) in [5, 5.41) is 2.45. The molecule has 1 atom stereocenters. The van der Waals surface area contributed by atoms with Gasteiger partial charge in [-0.3, -0.25) is 10.2 Å². The highest BCUT2D eigenvalue weighted by atomic mass is 19.4. The average molecular weight is 378 g/mol. The van der Waals surface area contributed by atoms with Crippen molar-refractivity contribution in [2.75, 3.05) is 6.54 Å². The van der Waals surface area contributed by atoms with E-state index in [0.29, 0.717) is 11.3 Å². The number of carbonyl (C=O) groups excluding carboxylic acids is 1. The number of carbonyl (C=O) groups is 1. The van der Waals surface area contributed by atoms with Crippen LogP contribution in [-0.2, 0) is 11.2 Å². The molecular formula is C21H25F3N2O. The molecule has 2 aromatic rings. The van der Waals surface area contributed by atoms with Crippen molar-refractivity contribution < 1.29 is 18.0 Å². The second-order valence-corrected chi connectivity index (χ2v) is 8.35. The summed E-state index contributed by atoms with van der Waals surface area (Å²) in [6.07, 6.45) is -3.72. The molecule has 1 fully saturated rings. The molecule has 3 nitrogen and oxygen atoms in total. The predicted molar refractivity (Wildman–Crippen MR) is 99.9 cm³/mol. The van der Waals surface area contributed by atoms with Crippen molar-refractivity contribution in [3.63, 3.8) is 0 Å². The zero-order valence-corrected chi connectivity index (χ0v) is 16.0. The third-order valence-electron chi connectivity index (χ3n) is 5.02. The summed E-state index contributed by atoms with van der Waals surface area (Å²) >= 11 is 0. The Morgan fingerprint density at radius 2 is 1.74 bits per heavy atom. The van der Waals surface area contributed by atoms with Crippen molar-refractivity contribution in [2.45, 2.75) is 46.3 Å². The van der Waals surface area contributed by atoms with Gasteiger partial charge in [0.2, 0.25) is 5.91 Å². The lowest BCUT2D eigenvalue weighted by Gasteiger charge is -2.31. The Kier molecular flexibility index (Phi) is 4.97. The lowest BCUT2D eigenvalue weighted by Crippen LogP contribution is -2.43. The Morgan fingerprint density at radius 1 is 1.11 bits per heavy atom. The zero-order chi connectivity index (χ0) is 20.0. The fourth-order valence-corrected chi connectivity index (χ4v) is 3.74. The minimum absolute atomic E-state index is 0.00190. The Labute approximate surface area is 157 Å². The van der Waals surface area contributed by atoms with Crippen molar-refractivity contribution in [3.05, 3.63) is 47.5 Å². The van der Waals surface area contributed by atoms with Gasteiger partial charge in [0, 0.05) is 6.54 Å². The second kappa shape index (κ2) is 6.82. The van der Waals surface area contributed by atoms with E-state index in [9.17, 15) is 18.0 Å². The van der Waals surface area contributed by atoms with Crippen LogP contribution in [0.15, 0.2) is 36.4 Å². The maximum absolute atomic E-state index is 14.1. The van der Waals surface area contributed by atoms with Crippen molar-refractivity contribution in [1.82, 2.24) is 10.4 Å². The van der Waals surface area contributed by atoms with E-state index in [1.165, 1.54) is 0 Å². The van der Waals surface area contributed by atoms with Gasteiger partial charge in [-0.2, -0.15) is 13.2 Å². The van der Waals surface area contributed by atoms with Crippen LogP contribution in [0.2, 0.25) is 0 Å². The third kappa shape index (κ3) is 3.81. The van der Waals surface area contributed by atoms with Crippen LogP contribution in [0.5, 0.6) is 0 Å². The van der Waals surface area contributed by atoms with Gasteiger partial charge in [0.15, 0.2) is 6.04 Å². The largest absolute Gasteiger partial charge is 0.409 e. The number of benzene rings is 2. The maximum Gasteiger partial charge on any atom is 0.409 e. The Hall–Kier alpha value is -2.08. The van der Waals surface area contributed by atoms with Gasteiger partial charge >= 0.3 is 6.18 Å². The summed E-state index contributed by atoms with van der Waals surface area (Å²) < 4.78 is 42.2. The molecule has 146 valence electrons. The minimum atomic E-state index is -4.52. The molecule has 0 aromatic heterocycles. The second-order valence-electron chi connectivity index (χ2n) is 8.35. The molecule has 0 radical (unpaired) electrons. The Bertz CT molecular complexity index is 858. The van der Waals surface area contributed by atoms with Crippen molar-refractivity contribution >= 4 is 16.7 Å². The lowest BCUT2D eigenvalue weighted by atomic mass is 9.90. The molecule has 0 bridgehead atoms. The van der Waals surface area contributed by atoms with Crippen molar-refractivity contribution in [2.24, 2.45) is 11.3 Å². The molecular weight excluding hydrogens is 353 g/mol. The smallest absolute Gasteiger partial charge is 0.287 e. The summed E-state index contributed by atoms with van der Waals surface area (Å²) in [7, 11) is 0. The van der Waals surface area contributed by atoms with Crippen molar-refractivity contribution in [3.8, 4) is 0 Å². The van der Waals surface area contributed by atoms with Gasteiger partial charge < -0.3 is 0 Å². The predicted octanol–water partition coefficient (Wildman–Crippen LogP) is 5.01. The van der Waals surface area contributed by atoms with Crippen LogP contribution >= 0.6 is 0 Å². The van der Waals surface area contributed by atoms with E-state index in [4.69, 9.17) is 0 Å². The molecule has 27 heavy (non-hydrogen) atoms. The van der Waals surface area contributed by atoms with Crippen LogP contribution in [0.1, 0.15) is 44.9 Å². The Morgan fingerprint density at radius 3 is 2.26 bits per heavy atom. The number of nitrogens with zero attached hydrogens (tertiary/aromatic N) is 1. The van der Waals surface area contributed by atoms with Crippen LogP contribution in [0.4, 0.5) is 13.2 Å². The quantitative estimate of drug-likeness (QED) is 0.811. The molecule has 1 aliphatic rings. The summed E-state index contributed by atoms with van der Waals surface area (Å²) in [4.78, 5) is 12.1. The molecule has 0 spiro atoms. The van der Waals surface area contributed by atoms with E-state index in [1.54, 1.807) is 38.1 Å². The normalized spacial score (nSPS) is 18.9.